The molecule has 160 valence electrons. The van der Waals surface area contributed by atoms with Gasteiger partial charge in [-0.3, -0.25) is 9.48 Å². The van der Waals surface area contributed by atoms with Gasteiger partial charge in [0.1, 0.15) is 5.69 Å². The molecule has 0 aliphatic heterocycles. The molecule has 0 bridgehead atoms. The second-order valence-corrected chi connectivity index (χ2v) is 7.26. The number of hydrogen-bond donors (Lipinski definition) is 1. The van der Waals surface area contributed by atoms with Crippen molar-refractivity contribution < 1.29 is 22.4 Å². The molecule has 3 heterocycles. The first kappa shape index (κ1) is 20.6. The Morgan fingerprint density at radius 1 is 1.19 bits per heavy atom. The number of benzene rings is 1. The number of halogens is 3. The Morgan fingerprint density at radius 3 is 2.65 bits per heavy atom. The van der Waals surface area contributed by atoms with Crippen molar-refractivity contribution in [1.82, 2.24) is 20.1 Å². The summed E-state index contributed by atoms with van der Waals surface area (Å²) in [6.07, 6.45) is -2.95. The number of carbonyl (C=O) groups is 1. The fourth-order valence-electron chi connectivity index (χ4n) is 3.52. The summed E-state index contributed by atoms with van der Waals surface area (Å²) < 4.78 is 46.1. The Labute approximate surface area is 175 Å². The van der Waals surface area contributed by atoms with E-state index >= 15 is 0 Å². The lowest BCUT2D eigenvalue weighted by atomic mass is 10.0. The van der Waals surface area contributed by atoms with Crippen LogP contribution in [0, 0.1) is 6.92 Å². The third-order valence-electron chi connectivity index (χ3n) is 5.05. The van der Waals surface area contributed by atoms with Gasteiger partial charge >= 0.3 is 6.18 Å². The Bertz CT molecular complexity index is 1260. The summed E-state index contributed by atoms with van der Waals surface area (Å²) in [5.41, 5.74) is 1.48. The van der Waals surface area contributed by atoms with E-state index in [9.17, 15) is 18.0 Å². The van der Waals surface area contributed by atoms with Crippen LogP contribution in [0.3, 0.4) is 0 Å². The third-order valence-corrected chi connectivity index (χ3v) is 5.05. The number of aromatic nitrogens is 3. The molecule has 31 heavy (non-hydrogen) atoms. The maximum atomic E-state index is 13.2. The number of alkyl halides is 3. The lowest BCUT2D eigenvalue weighted by Crippen LogP contribution is -2.27. The van der Waals surface area contributed by atoms with Gasteiger partial charge < -0.3 is 9.73 Å². The van der Waals surface area contributed by atoms with Crippen molar-refractivity contribution in [2.75, 3.05) is 0 Å². The second kappa shape index (κ2) is 7.57. The molecule has 6 nitrogen and oxygen atoms in total. The van der Waals surface area contributed by atoms with Gasteiger partial charge in [0.15, 0.2) is 11.4 Å². The van der Waals surface area contributed by atoms with E-state index < -0.39 is 23.7 Å². The van der Waals surface area contributed by atoms with Crippen LogP contribution in [0.2, 0.25) is 0 Å². The fourth-order valence-corrected chi connectivity index (χ4v) is 3.52. The Hall–Kier alpha value is -3.62. The van der Waals surface area contributed by atoms with Crippen LogP contribution < -0.4 is 5.32 Å². The molecule has 0 spiro atoms. The van der Waals surface area contributed by atoms with Crippen LogP contribution in [0.5, 0.6) is 0 Å². The number of hydrogen-bond acceptors (Lipinski definition) is 4. The molecule has 0 fully saturated rings. The van der Waals surface area contributed by atoms with Crippen molar-refractivity contribution in [2.24, 2.45) is 7.05 Å². The van der Waals surface area contributed by atoms with E-state index in [1.165, 1.54) is 12.3 Å². The minimum absolute atomic E-state index is 0.320. The molecule has 0 aliphatic rings. The molecule has 1 amide bonds. The molecule has 9 heteroatoms. The molecule has 0 aliphatic carbocycles. The fraction of sp³-hybridized carbons (Fsp3) is 0.227. The summed E-state index contributed by atoms with van der Waals surface area (Å²) >= 11 is 0. The highest BCUT2D eigenvalue weighted by molar-refractivity contribution is 6.07. The number of fused-ring (bicyclic) bond motifs is 1. The molecule has 0 radical (unpaired) electrons. The quantitative estimate of drug-likeness (QED) is 0.494. The van der Waals surface area contributed by atoms with Crippen LogP contribution in [0.1, 0.15) is 40.1 Å². The lowest BCUT2D eigenvalue weighted by molar-refractivity contribution is -0.137. The van der Waals surface area contributed by atoms with Crippen LogP contribution in [-0.4, -0.2) is 20.7 Å². The molecule has 1 atom stereocenters. The normalized spacial score (nSPS) is 12.8. The average molecular weight is 428 g/mol. The maximum absolute atomic E-state index is 13.2. The number of amides is 1. The molecular weight excluding hydrogens is 409 g/mol. The summed E-state index contributed by atoms with van der Waals surface area (Å²) in [4.78, 5) is 17.7. The summed E-state index contributed by atoms with van der Waals surface area (Å²) in [7, 11) is 1.72. The van der Waals surface area contributed by atoms with E-state index in [1.54, 1.807) is 49.8 Å². The second-order valence-electron chi connectivity index (χ2n) is 7.26. The summed E-state index contributed by atoms with van der Waals surface area (Å²) in [5, 5.41) is 7.72. The lowest BCUT2D eigenvalue weighted by Gasteiger charge is -2.17. The molecule has 0 saturated carbocycles. The van der Waals surface area contributed by atoms with Crippen molar-refractivity contribution in [1.29, 1.82) is 0 Å². The van der Waals surface area contributed by atoms with Gasteiger partial charge in [0.2, 0.25) is 0 Å². The summed E-state index contributed by atoms with van der Waals surface area (Å²) in [6, 6.07) is 9.30. The summed E-state index contributed by atoms with van der Waals surface area (Å²) in [6.45, 7) is 3.40. The van der Waals surface area contributed by atoms with Gasteiger partial charge in [0.25, 0.3) is 5.91 Å². The largest absolute Gasteiger partial charge is 0.463 e. The van der Waals surface area contributed by atoms with Gasteiger partial charge in [0.05, 0.1) is 34.5 Å². The van der Waals surface area contributed by atoms with E-state index in [0.29, 0.717) is 39.3 Å². The molecule has 3 aromatic heterocycles. The van der Waals surface area contributed by atoms with Gasteiger partial charge in [-0.15, -0.1) is 0 Å². The van der Waals surface area contributed by atoms with Gasteiger partial charge in [-0.2, -0.15) is 18.3 Å². The van der Waals surface area contributed by atoms with Crippen LogP contribution in [0.15, 0.2) is 53.1 Å². The third kappa shape index (κ3) is 3.90. The molecule has 0 saturated heterocycles. The zero-order valence-corrected chi connectivity index (χ0v) is 17.0. The monoisotopic (exact) mass is 428 g/mol. The van der Waals surface area contributed by atoms with Crippen LogP contribution >= 0.6 is 0 Å². The molecule has 1 N–H and O–H groups in total. The first-order valence-electron chi connectivity index (χ1n) is 9.51. The highest BCUT2D eigenvalue weighted by atomic mass is 19.4. The van der Waals surface area contributed by atoms with Crippen LogP contribution in [-0.2, 0) is 13.2 Å². The molecule has 4 aromatic rings. The minimum Gasteiger partial charge on any atom is -0.463 e. The van der Waals surface area contributed by atoms with Crippen LogP contribution in [0.4, 0.5) is 13.2 Å². The molecule has 1 aromatic carbocycles. The average Bonchev–Trinajstić information content (AvgIpc) is 3.35. The number of nitrogens with zero attached hydrogens (tertiary/aromatic N) is 3. The van der Waals surface area contributed by atoms with E-state index in [4.69, 9.17) is 4.42 Å². The predicted octanol–water partition coefficient (Wildman–Crippen LogP) is 5.05. The standard InChI is InChI=1S/C22H19F3N4O2/c1-12(14-6-4-7-15(10-14)22(23,24)25)26-21(30)16-11-17(18-8-5-9-31-18)27-20-19(16)13(2)28-29(20)3/h4-12H,1-3H3,(H,26,30). The number of nitrogens with one attached hydrogen (secondary N) is 1. The minimum atomic E-state index is -4.46. The number of carbonyl (C=O) groups excluding carboxylic acids is 1. The highest BCUT2D eigenvalue weighted by Crippen LogP contribution is 2.31. The number of furan rings is 1. The van der Waals surface area contributed by atoms with E-state index in [2.05, 4.69) is 15.4 Å². The van der Waals surface area contributed by atoms with Gasteiger partial charge in [0, 0.05) is 7.05 Å². The van der Waals surface area contributed by atoms with Crippen molar-refractivity contribution in [3.05, 3.63) is 71.1 Å². The zero-order chi connectivity index (χ0) is 22.3. The predicted molar refractivity (Wildman–Crippen MR) is 108 cm³/mol. The number of aryl methyl sites for hydroxylation is 2. The first-order chi connectivity index (χ1) is 14.6. The number of rotatable bonds is 4. The van der Waals surface area contributed by atoms with E-state index in [-0.39, 0.29) is 0 Å². The van der Waals surface area contributed by atoms with E-state index in [1.807, 2.05) is 0 Å². The number of pyridine rings is 1. The van der Waals surface area contributed by atoms with Crippen LogP contribution in [0.25, 0.3) is 22.5 Å². The molecule has 1 unspecified atom stereocenters. The Kier molecular flexibility index (Phi) is 5.04. The van der Waals surface area contributed by atoms with Gasteiger partial charge in [-0.1, -0.05) is 12.1 Å². The summed E-state index contributed by atoms with van der Waals surface area (Å²) in [5.74, 6) is 0.0435. The molecular formula is C22H19F3N4O2. The smallest absolute Gasteiger partial charge is 0.416 e. The first-order valence-corrected chi connectivity index (χ1v) is 9.51. The van der Waals surface area contributed by atoms with Crippen molar-refractivity contribution in [3.63, 3.8) is 0 Å². The highest BCUT2D eigenvalue weighted by Gasteiger charge is 2.31. The van der Waals surface area contributed by atoms with Gasteiger partial charge in [-0.05, 0) is 49.7 Å². The molecule has 4 rings (SSSR count). The Morgan fingerprint density at radius 2 is 1.97 bits per heavy atom. The SMILES string of the molecule is Cc1nn(C)c2nc(-c3ccco3)cc(C(=O)NC(C)c3cccc(C(F)(F)F)c3)c12. The van der Waals surface area contributed by atoms with Crippen molar-refractivity contribution in [3.8, 4) is 11.5 Å². The zero-order valence-electron chi connectivity index (χ0n) is 17.0. The maximum Gasteiger partial charge on any atom is 0.416 e. The Balaban J connectivity index is 1.72. The van der Waals surface area contributed by atoms with Crippen molar-refractivity contribution >= 4 is 16.9 Å². The van der Waals surface area contributed by atoms with Gasteiger partial charge in [-0.25, -0.2) is 4.98 Å². The van der Waals surface area contributed by atoms with E-state index in [0.717, 1.165) is 12.1 Å². The topological polar surface area (TPSA) is 73.0 Å². The van der Waals surface area contributed by atoms with Crippen molar-refractivity contribution in [2.45, 2.75) is 26.1 Å².